The Bertz CT molecular complexity index is 2860. The Morgan fingerprint density at radius 2 is 1.32 bits per heavy atom. The average molecular weight is 982 g/mol. The van der Waals surface area contributed by atoms with Crippen LogP contribution in [0.3, 0.4) is 0 Å². The third-order valence-corrected chi connectivity index (χ3v) is 14.6. The van der Waals surface area contributed by atoms with Crippen molar-refractivity contribution in [2.24, 2.45) is 11.8 Å². The lowest BCUT2D eigenvalue weighted by atomic mass is 9.89. The first-order valence-corrected chi connectivity index (χ1v) is 24.6. The van der Waals surface area contributed by atoms with Crippen LogP contribution in [0.5, 0.6) is 23.0 Å². The van der Waals surface area contributed by atoms with E-state index in [4.69, 9.17) is 56.6 Å². The molecule has 2 unspecified atom stereocenters. The number of nitrogens with zero attached hydrogens (tertiary/aromatic N) is 3. The highest BCUT2D eigenvalue weighted by Crippen LogP contribution is 2.49. The zero-order valence-electron chi connectivity index (χ0n) is 39.0. The summed E-state index contributed by atoms with van der Waals surface area (Å²) in [5, 5.41) is 4.07. The van der Waals surface area contributed by atoms with Gasteiger partial charge < -0.3 is 38.3 Å². The Kier molecular flexibility index (Phi) is 13.5. The normalized spacial score (nSPS) is 22.3. The van der Waals surface area contributed by atoms with Crippen molar-refractivity contribution in [3.8, 4) is 23.0 Å². The number of rotatable bonds is 11. The third-order valence-electron chi connectivity index (χ3n) is 14.1. The van der Waals surface area contributed by atoms with Crippen molar-refractivity contribution in [1.29, 1.82) is 0 Å². The van der Waals surface area contributed by atoms with Crippen molar-refractivity contribution in [2.75, 3.05) is 39.9 Å². The SMILES string of the molecule is CC1(c2ccc(Cl)cc2F)Oc2cccc(CC3CCNCC3)c2O1.COC(=O)c1ccc2nc(CN3CCC(Cc4cccc5c4OC(C)(c4ccc(Cl)cc4F)O5)CC3)n(C[C@@H]3CCO3)c2c1. The van der Waals surface area contributed by atoms with Gasteiger partial charge in [0, 0.05) is 30.5 Å². The fourth-order valence-electron chi connectivity index (χ4n) is 10.3. The average Bonchev–Trinajstić information content (AvgIpc) is 3.98. The first kappa shape index (κ1) is 47.2. The van der Waals surface area contributed by atoms with Crippen LogP contribution in [0.2, 0.25) is 10.0 Å². The Labute approximate surface area is 410 Å². The first-order valence-electron chi connectivity index (χ1n) is 23.9. The summed E-state index contributed by atoms with van der Waals surface area (Å²) in [4.78, 5) is 19.6. The Morgan fingerprint density at radius 1 is 0.754 bits per heavy atom. The van der Waals surface area contributed by atoms with Crippen LogP contribution in [-0.2, 0) is 47.0 Å². The van der Waals surface area contributed by atoms with E-state index in [0.717, 1.165) is 118 Å². The maximum atomic E-state index is 14.8. The topological polar surface area (TPSA) is 106 Å². The van der Waals surface area contributed by atoms with Crippen molar-refractivity contribution in [3.63, 3.8) is 0 Å². The molecule has 0 saturated carbocycles. The van der Waals surface area contributed by atoms with E-state index in [-0.39, 0.29) is 12.1 Å². The number of ether oxygens (including phenoxy) is 6. The second-order valence-electron chi connectivity index (χ2n) is 19.0. The summed E-state index contributed by atoms with van der Waals surface area (Å²) in [5.41, 5.74) is 5.18. The molecule has 1 aromatic heterocycles. The standard InChI is InChI=1S/C34H35ClFN3O5.C20H21ClFNO2/c1-34(26-8-7-24(35)18-27(26)36)43-30-5-3-4-22(32(30)44-34)16-21-10-13-38(14-11-21)20-31-37-28-9-6-23(33(40)41-2)17-29(28)39(31)19-25-12-15-42-25;1-20(16-6-5-15(21)12-17(16)22)24-18-4-2-3-14(19(18)25-20)11-13-7-9-23-10-8-13/h3-9,17-18,21,25H,10-16,19-20H2,1-2H3;2-6,12-13,23H,7-11H2,1H3/t25-,34?;/m0./s1. The molecule has 1 N–H and O–H groups in total. The van der Waals surface area contributed by atoms with Crippen molar-refractivity contribution in [2.45, 2.75) is 89.6 Å². The van der Waals surface area contributed by atoms with Gasteiger partial charge >= 0.3 is 5.97 Å². The number of para-hydroxylation sites is 2. The summed E-state index contributed by atoms with van der Waals surface area (Å²) in [6, 6.07) is 26.5. The molecule has 11 rings (SSSR count). The van der Waals surface area contributed by atoms with Gasteiger partial charge in [-0.05, 0) is 161 Å². The number of halogens is 4. The van der Waals surface area contributed by atoms with E-state index >= 15 is 0 Å². The molecule has 11 nitrogen and oxygen atoms in total. The van der Waals surface area contributed by atoms with Gasteiger partial charge in [-0.2, -0.15) is 0 Å². The number of hydrogen-bond donors (Lipinski definition) is 1. The molecule has 3 atom stereocenters. The highest BCUT2D eigenvalue weighted by Gasteiger charge is 2.43. The van der Waals surface area contributed by atoms with Gasteiger partial charge in [0.25, 0.3) is 11.6 Å². The molecular weight excluding hydrogens is 926 g/mol. The van der Waals surface area contributed by atoms with E-state index in [0.29, 0.717) is 62.4 Å². The van der Waals surface area contributed by atoms with Crippen LogP contribution in [0.15, 0.2) is 91.0 Å². The highest BCUT2D eigenvalue weighted by molar-refractivity contribution is 6.30. The van der Waals surface area contributed by atoms with Crippen molar-refractivity contribution < 1.29 is 42.0 Å². The summed E-state index contributed by atoms with van der Waals surface area (Å²) in [6.07, 6.45) is 7.38. The molecule has 5 aliphatic rings. The molecule has 362 valence electrons. The van der Waals surface area contributed by atoms with E-state index in [9.17, 15) is 13.6 Å². The van der Waals surface area contributed by atoms with Gasteiger partial charge in [0.2, 0.25) is 0 Å². The van der Waals surface area contributed by atoms with Crippen LogP contribution in [0.1, 0.15) is 84.4 Å². The van der Waals surface area contributed by atoms with Crippen LogP contribution >= 0.6 is 23.2 Å². The maximum absolute atomic E-state index is 14.8. The van der Waals surface area contributed by atoms with Gasteiger partial charge in [0.1, 0.15) is 17.5 Å². The van der Waals surface area contributed by atoms with Crippen LogP contribution in [-0.4, -0.2) is 66.4 Å². The van der Waals surface area contributed by atoms with E-state index in [1.807, 2.05) is 36.4 Å². The molecule has 0 aliphatic carbocycles. The second kappa shape index (κ2) is 19.8. The number of carbonyl (C=O) groups is 1. The number of benzene rings is 5. The molecular formula is C54H56Cl2F2N4O7. The van der Waals surface area contributed by atoms with Crippen LogP contribution in [0, 0.1) is 23.5 Å². The third kappa shape index (κ3) is 9.99. The monoisotopic (exact) mass is 980 g/mol. The molecule has 3 fully saturated rings. The smallest absolute Gasteiger partial charge is 0.337 e. The van der Waals surface area contributed by atoms with Crippen molar-refractivity contribution in [3.05, 3.63) is 146 Å². The van der Waals surface area contributed by atoms with E-state index < -0.39 is 23.2 Å². The zero-order chi connectivity index (χ0) is 47.9. The first-order chi connectivity index (χ1) is 33.3. The number of nitrogens with one attached hydrogen (secondary N) is 1. The van der Waals surface area contributed by atoms with E-state index in [2.05, 4.69) is 26.9 Å². The predicted octanol–water partition coefficient (Wildman–Crippen LogP) is 11.2. The minimum absolute atomic E-state index is 0.163. The molecule has 6 aromatic rings. The lowest BCUT2D eigenvalue weighted by Gasteiger charge is -2.32. The minimum atomic E-state index is -1.26. The van der Waals surface area contributed by atoms with Gasteiger partial charge in [-0.25, -0.2) is 18.6 Å². The molecule has 0 amide bonds. The summed E-state index contributed by atoms with van der Waals surface area (Å²) < 4.78 is 66.7. The number of esters is 1. The maximum Gasteiger partial charge on any atom is 0.337 e. The zero-order valence-corrected chi connectivity index (χ0v) is 40.5. The minimum Gasteiger partial charge on any atom is -0.465 e. The fourth-order valence-corrected chi connectivity index (χ4v) is 10.6. The fraction of sp³-hybridized carbons (Fsp3) is 0.407. The summed E-state index contributed by atoms with van der Waals surface area (Å²) in [6.45, 7) is 9.72. The van der Waals surface area contributed by atoms with Gasteiger partial charge in [-0.1, -0.05) is 47.5 Å². The van der Waals surface area contributed by atoms with Crippen LogP contribution in [0.4, 0.5) is 8.78 Å². The van der Waals surface area contributed by atoms with Crippen LogP contribution in [0.25, 0.3) is 11.0 Å². The summed E-state index contributed by atoms with van der Waals surface area (Å²) in [7, 11) is 1.40. The summed E-state index contributed by atoms with van der Waals surface area (Å²) >= 11 is 11.8. The molecule has 5 aromatic carbocycles. The molecule has 0 spiro atoms. The molecule has 0 radical (unpaired) electrons. The van der Waals surface area contributed by atoms with Gasteiger partial charge in [0.05, 0.1) is 54.0 Å². The van der Waals surface area contributed by atoms with E-state index in [1.54, 1.807) is 44.2 Å². The molecule has 69 heavy (non-hydrogen) atoms. The number of fused-ring (bicyclic) bond motifs is 3. The van der Waals surface area contributed by atoms with Gasteiger partial charge in [-0.15, -0.1) is 0 Å². The molecule has 0 bridgehead atoms. The number of piperidine rings is 2. The number of likely N-dealkylation sites (tertiary alicyclic amines) is 1. The summed E-state index contributed by atoms with van der Waals surface area (Å²) in [5.74, 6) is 1.13. The predicted molar refractivity (Wildman–Crippen MR) is 259 cm³/mol. The van der Waals surface area contributed by atoms with Crippen LogP contribution < -0.4 is 24.3 Å². The highest BCUT2D eigenvalue weighted by atomic mass is 35.5. The Hall–Kier alpha value is -5.44. The van der Waals surface area contributed by atoms with Crippen molar-refractivity contribution in [1.82, 2.24) is 19.8 Å². The van der Waals surface area contributed by atoms with Gasteiger partial charge in [0.15, 0.2) is 23.0 Å². The number of carbonyl (C=O) groups excluding carboxylic acids is 1. The Balaban J connectivity index is 0.000000187. The van der Waals surface area contributed by atoms with Gasteiger partial charge in [-0.3, -0.25) is 4.90 Å². The number of methoxy groups -OCH3 is 1. The number of imidazole rings is 1. The largest absolute Gasteiger partial charge is 0.465 e. The molecule has 15 heteroatoms. The lowest BCUT2D eigenvalue weighted by Crippen LogP contribution is -2.36. The number of aromatic nitrogens is 2. The molecule has 6 heterocycles. The van der Waals surface area contributed by atoms with E-state index in [1.165, 1.54) is 19.2 Å². The number of hydrogen-bond acceptors (Lipinski definition) is 10. The quantitative estimate of drug-likeness (QED) is 0.126. The lowest BCUT2D eigenvalue weighted by molar-refractivity contribution is -0.0715. The van der Waals surface area contributed by atoms with Crippen molar-refractivity contribution >= 4 is 40.2 Å². The second-order valence-corrected chi connectivity index (χ2v) is 19.8. The Morgan fingerprint density at radius 3 is 1.84 bits per heavy atom. The molecule has 3 saturated heterocycles. The molecule has 5 aliphatic heterocycles.